The van der Waals surface area contributed by atoms with Crippen LogP contribution < -0.4 is 25.8 Å². The molecule has 1 aromatic carbocycles. The number of hydrogen-bond acceptors (Lipinski definition) is 5. The van der Waals surface area contributed by atoms with Gasteiger partial charge in [-0.2, -0.15) is 0 Å². The number of fused-ring (bicyclic) bond motifs is 1. The van der Waals surface area contributed by atoms with Crippen molar-refractivity contribution in [3.05, 3.63) is 23.8 Å². The molecular weight excluding hydrogens is 250 g/mol. The summed E-state index contributed by atoms with van der Waals surface area (Å²) in [5.74, 6) is 0.935. The number of urea groups is 1. The lowest BCUT2D eigenvalue weighted by molar-refractivity contribution is -0.121. The van der Waals surface area contributed by atoms with Gasteiger partial charge in [-0.1, -0.05) is 6.07 Å². The number of imide groups is 1. The van der Waals surface area contributed by atoms with Crippen LogP contribution >= 0.6 is 0 Å². The SMILES string of the molecule is CC(NCc1ccc2c(c1)OCO2)C(=O)NC(N)=O. The largest absolute Gasteiger partial charge is 0.454 e. The van der Waals surface area contributed by atoms with Crippen molar-refractivity contribution < 1.29 is 19.1 Å². The molecule has 0 fully saturated rings. The number of nitrogens with one attached hydrogen (secondary N) is 2. The van der Waals surface area contributed by atoms with E-state index in [1.54, 1.807) is 6.92 Å². The number of rotatable bonds is 4. The van der Waals surface area contributed by atoms with E-state index in [-0.39, 0.29) is 6.79 Å². The van der Waals surface area contributed by atoms with Gasteiger partial charge in [-0.3, -0.25) is 10.1 Å². The lowest BCUT2D eigenvalue weighted by atomic mass is 10.2. The third-order valence-electron chi connectivity index (χ3n) is 2.69. The van der Waals surface area contributed by atoms with Gasteiger partial charge in [0.25, 0.3) is 0 Å². The van der Waals surface area contributed by atoms with Crippen molar-refractivity contribution in [1.82, 2.24) is 10.6 Å². The van der Waals surface area contributed by atoms with Gasteiger partial charge < -0.3 is 20.5 Å². The summed E-state index contributed by atoms with van der Waals surface area (Å²) in [7, 11) is 0. The van der Waals surface area contributed by atoms with Gasteiger partial charge in [0.15, 0.2) is 11.5 Å². The van der Waals surface area contributed by atoms with Gasteiger partial charge in [-0.25, -0.2) is 4.79 Å². The fourth-order valence-corrected chi connectivity index (χ4v) is 1.64. The quantitative estimate of drug-likeness (QED) is 0.716. The molecule has 2 rings (SSSR count). The molecule has 1 aliphatic heterocycles. The molecule has 1 unspecified atom stereocenters. The lowest BCUT2D eigenvalue weighted by Crippen LogP contribution is -2.46. The third-order valence-corrected chi connectivity index (χ3v) is 2.69. The van der Waals surface area contributed by atoms with Crippen molar-refractivity contribution in [1.29, 1.82) is 0 Å². The van der Waals surface area contributed by atoms with E-state index >= 15 is 0 Å². The van der Waals surface area contributed by atoms with E-state index in [2.05, 4.69) is 5.32 Å². The molecule has 0 aliphatic carbocycles. The van der Waals surface area contributed by atoms with Gasteiger partial charge in [0.2, 0.25) is 12.7 Å². The zero-order chi connectivity index (χ0) is 13.8. The molecule has 4 N–H and O–H groups in total. The van der Waals surface area contributed by atoms with Crippen molar-refractivity contribution in [2.24, 2.45) is 5.73 Å². The van der Waals surface area contributed by atoms with Crippen molar-refractivity contribution in [3.8, 4) is 11.5 Å². The molecule has 7 heteroatoms. The van der Waals surface area contributed by atoms with Crippen molar-refractivity contribution in [3.63, 3.8) is 0 Å². The van der Waals surface area contributed by atoms with Crippen LogP contribution in [-0.4, -0.2) is 24.8 Å². The molecule has 19 heavy (non-hydrogen) atoms. The summed E-state index contributed by atoms with van der Waals surface area (Å²) in [6, 6.07) is 4.14. The average Bonchev–Trinajstić information content (AvgIpc) is 2.82. The van der Waals surface area contributed by atoms with Crippen LogP contribution in [0.1, 0.15) is 12.5 Å². The van der Waals surface area contributed by atoms with Crippen LogP contribution in [0.15, 0.2) is 18.2 Å². The van der Waals surface area contributed by atoms with E-state index in [9.17, 15) is 9.59 Å². The number of nitrogens with two attached hydrogens (primary N) is 1. The molecule has 0 saturated heterocycles. The number of amides is 3. The summed E-state index contributed by atoms with van der Waals surface area (Å²) in [6.07, 6.45) is 0. The van der Waals surface area contributed by atoms with Crippen LogP contribution in [0.25, 0.3) is 0 Å². The molecule has 1 aliphatic rings. The molecule has 1 aromatic rings. The van der Waals surface area contributed by atoms with E-state index in [0.29, 0.717) is 18.0 Å². The molecule has 1 atom stereocenters. The molecular formula is C12H15N3O4. The fourth-order valence-electron chi connectivity index (χ4n) is 1.64. The Morgan fingerprint density at radius 2 is 2.11 bits per heavy atom. The van der Waals surface area contributed by atoms with Crippen LogP contribution in [-0.2, 0) is 11.3 Å². The first-order chi connectivity index (χ1) is 9.06. The molecule has 102 valence electrons. The van der Waals surface area contributed by atoms with Gasteiger partial charge >= 0.3 is 6.03 Å². The number of carbonyl (C=O) groups excluding carboxylic acids is 2. The summed E-state index contributed by atoms with van der Waals surface area (Å²) in [4.78, 5) is 22.0. The molecule has 0 radical (unpaired) electrons. The van der Waals surface area contributed by atoms with Crippen LogP contribution in [0.2, 0.25) is 0 Å². The minimum atomic E-state index is -0.860. The maximum atomic E-state index is 11.4. The molecule has 3 amide bonds. The summed E-state index contributed by atoms with van der Waals surface area (Å²) in [6.45, 7) is 2.33. The highest BCUT2D eigenvalue weighted by atomic mass is 16.7. The number of hydrogen-bond donors (Lipinski definition) is 3. The summed E-state index contributed by atoms with van der Waals surface area (Å²) < 4.78 is 10.5. The zero-order valence-corrected chi connectivity index (χ0v) is 10.4. The molecule has 7 nitrogen and oxygen atoms in total. The van der Waals surface area contributed by atoms with Crippen LogP contribution in [0, 0.1) is 0 Å². The van der Waals surface area contributed by atoms with Crippen LogP contribution in [0.5, 0.6) is 11.5 Å². The topological polar surface area (TPSA) is 103 Å². The first-order valence-electron chi connectivity index (χ1n) is 5.78. The minimum Gasteiger partial charge on any atom is -0.454 e. The smallest absolute Gasteiger partial charge is 0.318 e. The minimum absolute atomic E-state index is 0.226. The second kappa shape index (κ2) is 5.57. The Labute approximate surface area is 110 Å². The van der Waals surface area contributed by atoms with Gasteiger partial charge in [-0.05, 0) is 24.6 Å². The third kappa shape index (κ3) is 3.35. The van der Waals surface area contributed by atoms with E-state index in [1.165, 1.54) is 0 Å². The number of primary amides is 1. The normalized spacial score (nSPS) is 13.9. The standard InChI is InChI=1S/C12H15N3O4/c1-7(11(16)15-12(13)17)14-5-8-2-3-9-10(4-8)19-6-18-9/h2-4,7,14H,5-6H2,1H3,(H3,13,15,16,17). The molecule has 0 saturated carbocycles. The maximum absolute atomic E-state index is 11.4. The second-order valence-electron chi connectivity index (χ2n) is 4.14. The zero-order valence-electron chi connectivity index (χ0n) is 10.4. The number of carbonyl (C=O) groups is 2. The van der Waals surface area contributed by atoms with Crippen molar-refractivity contribution in [2.75, 3.05) is 6.79 Å². The highest BCUT2D eigenvalue weighted by molar-refractivity contribution is 5.96. The summed E-state index contributed by atoms with van der Waals surface area (Å²) in [5.41, 5.74) is 5.82. The molecule has 0 bridgehead atoms. The van der Waals surface area contributed by atoms with Crippen LogP contribution in [0.4, 0.5) is 4.79 Å². The summed E-state index contributed by atoms with van der Waals surface area (Å²) >= 11 is 0. The fraction of sp³-hybridized carbons (Fsp3) is 0.333. The molecule has 1 heterocycles. The first-order valence-corrected chi connectivity index (χ1v) is 5.78. The van der Waals surface area contributed by atoms with Gasteiger partial charge in [0, 0.05) is 6.54 Å². The number of benzene rings is 1. The van der Waals surface area contributed by atoms with Crippen molar-refractivity contribution in [2.45, 2.75) is 19.5 Å². The Morgan fingerprint density at radius 1 is 1.37 bits per heavy atom. The Balaban J connectivity index is 1.88. The van der Waals surface area contributed by atoms with Crippen molar-refractivity contribution >= 4 is 11.9 Å². The van der Waals surface area contributed by atoms with E-state index in [0.717, 1.165) is 5.56 Å². The van der Waals surface area contributed by atoms with E-state index in [4.69, 9.17) is 15.2 Å². The lowest BCUT2D eigenvalue weighted by Gasteiger charge is -2.12. The Hall–Kier alpha value is -2.28. The molecule has 0 spiro atoms. The maximum Gasteiger partial charge on any atom is 0.318 e. The Morgan fingerprint density at radius 3 is 2.84 bits per heavy atom. The highest BCUT2D eigenvalue weighted by Crippen LogP contribution is 2.32. The predicted molar refractivity (Wildman–Crippen MR) is 66.6 cm³/mol. The monoisotopic (exact) mass is 265 g/mol. The van der Waals surface area contributed by atoms with Gasteiger partial charge in [-0.15, -0.1) is 0 Å². The van der Waals surface area contributed by atoms with E-state index < -0.39 is 18.0 Å². The second-order valence-corrected chi connectivity index (χ2v) is 4.14. The van der Waals surface area contributed by atoms with Gasteiger partial charge in [0.05, 0.1) is 6.04 Å². The number of ether oxygens (including phenoxy) is 2. The average molecular weight is 265 g/mol. The van der Waals surface area contributed by atoms with Gasteiger partial charge in [0.1, 0.15) is 0 Å². The first kappa shape index (κ1) is 13.2. The predicted octanol–water partition coefficient (Wildman–Crippen LogP) is 0.0883. The highest BCUT2D eigenvalue weighted by Gasteiger charge is 2.16. The van der Waals surface area contributed by atoms with Crippen LogP contribution in [0.3, 0.4) is 0 Å². The molecule has 0 aromatic heterocycles. The van der Waals surface area contributed by atoms with E-state index in [1.807, 2.05) is 23.5 Å². The Bertz CT molecular complexity index is 504. The Kier molecular flexibility index (Phi) is 3.86. The summed E-state index contributed by atoms with van der Waals surface area (Å²) in [5, 5.41) is 4.99.